The molecule has 8 heteroatoms. The minimum atomic E-state index is -0.140. The second-order valence-corrected chi connectivity index (χ2v) is 5.37. The molecule has 0 aliphatic carbocycles. The van der Waals surface area contributed by atoms with Crippen molar-refractivity contribution in [3.05, 3.63) is 17.7 Å². The van der Waals surface area contributed by atoms with Crippen molar-refractivity contribution in [1.29, 1.82) is 0 Å². The van der Waals surface area contributed by atoms with Crippen LogP contribution in [0.1, 0.15) is 5.56 Å². The van der Waals surface area contributed by atoms with Crippen LogP contribution >= 0.6 is 0 Å². The fourth-order valence-corrected chi connectivity index (χ4v) is 2.52. The van der Waals surface area contributed by atoms with Crippen molar-refractivity contribution in [3.8, 4) is 17.2 Å². The molecule has 1 aliphatic rings. The van der Waals surface area contributed by atoms with Gasteiger partial charge in [0.1, 0.15) is 0 Å². The van der Waals surface area contributed by atoms with Crippen LogP contribution in [0.4, 0.5) is 0 Å². The first-order valence-electron chi connectivity index (χ1n) is 7.62. The van der Waals surface area contributed by atoms with E-state index in [4.69, 9.17) is 14.2 Å². The van der Waals surface area contributed by atoms with Gasteiger partial charge >= 0.3 is 0 Å². The molecule has 0 radical (unpaired) electrons. The van der Waals surface area contributed by atoms with Crippen molar-refractivity contribution in [2.24, 2.45) is 0 Å². The predicted molar refractivity (Wildman–Crippen MR) is 87.4 cm³/mol. The third-order valence-electron chi connectivity index (χ3n) is 3.70. The number of ether oxygens (including phenoxy) is 3. The summed E-state index contributed by atoms with van der Waals surface area (Å²) in [5.74, 6) is 1.38. The van der Waals surface area contributed by atoms with Gasteiger partial charge in [0.05, 0.1) is 34.4 Å². The predicted octanol–water partition coefficient (Wildman–Crippen LogP) is -0.240. The molecule has 2 rings (SSSR count). The highest BCUT2D eigenvalue weighted by Gasteiger charge is 2.19. The van der Waals surface area contributed by atoms with Gasteiger partial charge < -0.3 is 24.8 Å². The highest BCUT2D eigenvalue weighted by atomic mass is 16.5. The number of carbonyl (C=O) groups excluding carboxylic acids is 2. The highest BCUT2D eigenvalue weighted by Crippen LogP contribution is 2.38. The van der Waals surface area contributed by atoms with Crippen molar-refractivity contribution in [3.63, 3.8) is 0 Å². The summed E-state index contributed by atoms with van der Waals surface area (Å²) in [5, 5.41) is 5.56. The summed E-state index contributed by atoms with van der Waals surface area (Å²) in [4.78, 5) is 25.2. The van der Waals surface area contributed by atoms with Crippen molar-refractivity contribution < 1.29 is 23.8 Å². The smallest absolute Gasteiger partial charge is 0.234 e. The monoisotopic (exact) mass is 337 g/mol. The largest absolute Gasteiger partial charge is 0.493 e. The summed E-state index contributed by atoms with van der Waals surface area (Å²) in [6.07, 6.45) is 0. The van der Waals surface area contributed by atoms with Crippen LogP contribution in [0.15, 0.2) is 12.1 Å². The second-order valence-electron chi connectivity index (χ2n) is 5.37. The van der Waals surface area contributed by atoms with Gasteiger partial charge in [-0.15, -0.1) is 0 Å². The minimum Gasteiger partial charge on any atom is -0.493 e. The zero-order chi connectivity index (χ0) is 17.5. The lowest BCUT2D eigenvalue weighted by Gasteiger charge is -2.25. The number of piperazine rings is 1. The van der Waals surface area contributed by atoms with Gasteiger partial charge in [-0.25, -0.2) is 0 Å². The number of amides is 2. The average molecular weight is 337 g/mol. The van der Waals surface area contributed by atoms with E-state index in [9.17, 15) is 9.59 Å². The van der Waals surface area contributed by atoms with Gasteiger partial charge in [0.25, 0.3) is 0 Å². The number of nitrogens with zero attached hydrogens (tertiary/aromatic N) is 1. The fraction of sp³-hybridized carbons (Fsp3) is 0.500. The van der Waals surface area contributed by atoms with E-state index in [1.807, 2.05) is 4.90 Å². The van der Waals surface area contributed by atoms with Crippen molar-refractivity contribution in [2.75, 3.05) is 47.5 Å². The summed E-state index contributed by atoms with van der Waals surface area (Å²) in [6.45, 7) is 2.01. The van der Waals surface area contributed by atoms with E-state index in [1.54, 1.807) is 26.4 Å². The Morgan fingerprint density at radius 2 is 1.88 bits per heavy atom. The summed E-state index contributed by atoms with van der Waals surface area (Å²) >= 11 is 0. The van der Waals surface area contributed by atoms with Crippen LogP contribution in [-0.4, -0.2) is 64.2 Å². The first-order chi connectivity index (χ1) is 11.6. The molecule has 1 fully saturated rings. The quantitative estimate of drug-likeness (QED) is 0.714. The molecule has 1 aromatic rings. The third-order valence-corrected chi connectivity index (χ3v) is 3.70. The van der Waals surface area contributed by atoms with E-state index in [2.05, 4.69) is 10.6 Å². The molecule has 0 unspecified atom stereocenters. The maximum absolute atomic E-state index is 12.1. The van der Waals surface area contributed by atoms with E-state index in [0.717, 1.165) is 5.56 Å². The Labute approximate surface area is 141 Å². The molecule has 1 saturated heterocycles. The topological polar surface area (TPSA) is 89.1 Å². The van der Waals surface area contributed by atoms with Crippen LogP contribution in [-0.2, 0) is 16.1 Å². The van der Waals surface area contributed by atoms with Gasteiger partial charge in [-0.05, 0) is 17.7 Å². The molecule has 0 aromatic heterocycles. The van der Waals surface area contributed by atoms with Gasteiger partial charge in [-0.3, -0.25) is 14.5 Å². The first-order valence-corrected chi connectivity index (χ1v) is 7.62. The Morgan fingerprint density at radius 1 is 1.21 bits per heavy atom. The number of benzene rings is 1. The normalized spacial score (nSPS) is 14.7. The van der Waals surface area contributed by atoms with Crippen LogP contribution in [0.2, 0.25) is 0 Å². The number of rotatable bonds is 7. The van der Waals surface area contributed by atoms with Gasteiger partial charge in [0.15, 0.2) is 11.5 Å². The van der Waals surface area contributed by atoms with E-state index in [0.29, 0.717) is 36.9 Å². The van der Waals surface area contributed by atoms with Crippen molar-refractivity contribution >= 4 is 11.8 Å². The molecule has 1 aromatic carbocycles. The Morgan fingerprint density at radius 3 is 2.42 bits per heavy atom. The van der Waals surface area contributed by atoms with Gasteiger partial charge in [-0.1, -0.05) is 0 Å². The van der Waals surface area contributed by atoms with Crippen LogP contribution in [0.3, 0.4) is 0 Å². The molecule has 8 nitrogen and oxygen atoms in total. The zero-order valence-electron chi connectivity index (χ0n) is 14.2. The maximum Gasteiger partial charge on any atom is 0.234 e. The SMILES string of the molecule is COc1cc(CNC(=O)CN2CCNC(=O)C2)cc(OC)c1OC. The van der Waals surface area contributed by atoms with Gasteiger partial charge in [-0.2, -0.15) is 0 Å². The summed E-state index contributed by atoms with van der Waals surface area (Å²) in [5.41, 5.74) is 0.828. The second kappa shape index (κ2) is 8.39. The third kappa shape index (κ3) is 4.51. The van der Waals surface area contributed by atoms with Gasteiger partial charge in [0.2, 0.25) is 17.6 Å². The van der Waals surface area contributed by atoms with E-state index < -0.39 is 0 Å². The van der Waals surface area contributed by atoms with Crippen LogP contribution in [0.5, 0.6) is 17.2 Å². The van der Waals surface area contributed by atoms with E-state index in [1.165, 1.54) is 7.11 Å². The lowest BCUT2D eigenvalue weighted by molar-refractivity contribution is -0.127. The van der Waals surface area contributed by atoms with Crippen LogP contribution < -0.4 is 24.8 Å². The van der Waals surface area contributed by atoms with Crippen LogP contribution in [0.25, 0.3) is 0 Å². The fourth-order valence-electron chi connectivity index (χ4n) is 2.52. The standard InChI is InChI=1S/C16H23N3O5/c1-22-12-6-11(7-13(23-2)16(12)24-3)8-18-15(21)10-19-5-4-17-14(20)9-19/h6-7H,4-5,8-10H2,1-3H3,(H,17,20)(H,18,21). The molecule has 0 atom stereocenters. The number of hydrogen-bond donors (Lipinski definition) is 2. The van der Waals surface area contributed by atoms with Crippen molar-refractivity contribution in [2.45, 2.75) is 6.54 Å². The molecule has 2 N–H and O–H groups in total. The summed E-state index contributed by atoms with van der Waals surface area (Å²) in [6, 6.07) is 3.58. The number of carbonyl (C=O) groups is 2. The molecule has 132 valence electrons. The maximum atomic E-state index is 12.1. The lowest BCUT2D eigenvalue weighted by atomic mass is 10.1. The van der Waals surface area contributed by atoms with Crippen LogP contribution in [0, 0.1) is 0 Å². The summed E-state index contributed by atoms with van der Waals surface area (Å²) in [7, 11) is 4.62. The molecule has 1 aliphatic heterocycles. The van der Waals surface area contributed by atoms with Crippen molar-refractivity contribution in [1.82, 2.24) is 15.5 Å². The first kappa shape index (κ1) is 17.9. The summed E-state index contributed by atoms with van der Waals surface area (Å²) < 4.78 is 15.8. The van der Waals surface area contributed by atoms with Gasteiger partial charge in [0, 0.05) is 19.6 Å². The number of nitrogens with one attached hydrogen (secondary N) is 2. The molecule has 0 saturated carbocycles. The molecule has 24 heavy (non-hydrogen) atoms. The zero-order valence-corrected chi connectivity index (χ0v) is 14.2. The van der Waals surface area contributed by atoms with E-state index in [-0.39, 0.29) is 24.9 Å². The number of methoxy groups -OCH3 is 3. The molecular formula is C16H23N3O5. The molecular weight excluding hydrogens is 314 g/mol. The molecule has 0 bridgehead atoms. The highest BCUT2D eigenvalue weighted by molar-refractivity contribution is 5.81. The Bertz CT molecular complexity index is 580. The Balaban J connectivity index is 1.95. The number of hydrogen-bond acceptors (Lipinski definition) is 6. The molecule has 0 spiro atoms. The Kier molecular flexibility index (Phi) is 6.25. The van der Waals surface area contributed by atoms with E-state index >= 15 is 0 Å². The average Bonchev–Trinajstić information content (AvgIpc) is 2.58. The Hall–Kier alpha value is -2.48. The molecule has 1 heterocycles. The molecule has 2 amide bonds. The minimum absolute atomic E-state index is 0.0568. The lowest BCUT2D eigenvalue weighted by Crippen LogP contribution is -2.50.